The lowest BCUT2D eigenvalue weighted by atomic mass is 9.83. The van der Waals surface area contributed by atoms with Gasteiger partial charge < -0.3 is 19.9 Å². The van der Waals surface area contributed by atoms with Gasteiger partial charge in [0.15, 0.2) is 5.76 Å². The van der Waals surface area contributed by atoms with Crippen molar-refractivity contribution >= 4 is 17.6 Å². The van der Waals surface area contributed by atoms with Gasteiger partial charge in [-0.1, -0.05) is 11.6 Å². The minimum atomic E-state index is 0.0666. The number of nitrogens with one attached hydrogen (secondary N) is 3. The summed E-state index contributed by atoms with van der Waals surface area (Å²) in [6, 6.07) is 5.57. The lowest BCUT2D eigenvalue weighted by Gasteiger charge is -2.22. The van der Waals surface area contributed by atoms with E-state index >= 15 is 0 Å². The summed E-state index contributed by atoms with van der Waals surface area (Å²) < 4.78 is 10.9. The Balaban J connectivity index is 1.34. The van der Waals surface area contributed by atoms with Crippen molar-refractivity contribution in [2.24, 2.45) is 0 Å². The molecule has 27 heavy (non-hydrogen) atoms. The van der Waals surface area contributed by atoms with Gasteiger partial charge >= 0.3 is 0 Å². The Labute approximate surface area is 156 Å². The van der Waals surface area contributed by atoms with E-state index in [2.05, 4.69) is 36.0 Å². The predicted octanol–water partition coefficient (Wildman–Crippen LogP) is 3.60. The summed E-state index contributed by atoms with van der Waals surface area (Å²) in [5.74, 6) is 3.70. The van der Waals surface area contributed by atoms with Gasteiger partial charge in [-0.3, -0.25) is 5.10 Å². The van der Waals surface area contributed by atoms with Gasteiger partial charge in [-0.05, 0) is 32.8 Å². The zero-order valence-corrected chi connectivity index (χ0v) is 15.4. The van der Waals surface area contributed by atoms with Crippen molar-refractivity contribution in [3.63, 3.8) is 0 Å². The highest BCUT2D eigenvalue weighted by molar-refractivity contribution is 5.53. The molecule has 1 aliphatic rings. The van der Waals surface area contributed by atoms with Gasteiger partial charge in [-0.25, -0.2) is 4.98 Å². The molecule has 0 radical (unpaired) electrons. The molecule has 142 valence electrons. The first kappa shape index (κ1) is 17.3. The fourth-order valence-electron chi connectivity index (χ4n) is 2.80. The van der Waals surface area contributed by atoms with Gasteiger partial charge in [-0.15, -0.1) is 5.10 Å². The van der Waals surface area contributed by atoms with Crippen LogP contribution < -0.4 is 15.4 Å². The van der Waals surface area contributed by atoms with Crippen LogP contribution >= 0.6 is 0 Å². The summed E-state index contributed by atoms with van der Waals surface area (Å²) in [6.07, 6.45) is 5.43. The van der Waals surface area contributed by atoms with Crippen molar-refractivity contribution in [1.82, 2.24) is 25.3 Å². The Bertz CT molecular complexity index is 885. The van der Waals surface area contributed by atoms with E-state index in [0.29, 0.717) is 35.9 Å². The fraction of sp³-hybridized carbons (Fsp3) is 0.444. The van der Waals surface area contributed by atoms with Crippen LogP contribution in [0.2, 0.25) is 0 Å². The van der Waals surface area contributed by atoms with Crippen LogP contribution in [0.1, 0.15) is 50.5 Å². The van der Waals surface area contributed by atoms with Crippen LogP contribution in [0.15, 0.2) is 28.9 Å². The number of nitrogens with zero attached hydrogens (tertiary/aromatic N) is 4. The Morgan fingerprint density at radius 3 is 3.00 bits per heavy atom. The first-order chi connectivity index (χ1) is 13.2. The number of hydrogen-bond acceptors (Lipinski definition) is 8. The van der Waals surface area contributed by atoms with E-state index in [0.717, 1.165) is 11.5 Å². The third-order valence-corrected chi connectivity index (χ3v) is 4.35. The summed E-state index contributed by atoms with van der Waals surface area (Å²) in [5.41, 5.74) is 1.05. The van der Waals surface area contributed by atoms with E-state index in [1.165, 1.54) is 19.3 Å². The monoisotopic (exact) mass is 369 g/mol. The first-order valence-corrected chi connectivity index (χ1v) is 9.17. The average molecular weight is 369 g/mol. The van der Waals surface area contributed by atoms with Gasteiger partial charge in [0, 0.05) is 24.2 Å². The van der Waals surface area contributed by atoms with Crippen LogP contribution in [0.5, 0.6) is 5.88 Å². The summed E-state index contributed by atoms with van der Waals surface area (Å²) in [4.78, 5) is 8.67. The number of rotatable bonds is 8. The predicted molar refractivity (Wildman–Crippen MR) is 100 cm³/mol. The smallest absolute Gasteiger partial charge is 0.234 e. The molecule has 3 N–H and O–H groups in total. The number of anilines is 3. The lowest BCUT2D eigenvalue weighted by molar-refractivity contribution is 0.232. The van der Waals surface area contributed by atoms with Gasteiger partial charge in [0.1, 0.15) is 11.6 Å². The summed E-state index contributed by atoms with van der Waals surface area (Å²) in [6.45, 7) is 4.39. The van der Waals surface area contributed by atoms with Gasteiger partial charge in [0.05, 0.1) is 18.3 Å². The van der Waals surface area contributed by atoms with E-state index in [1.54, 1.807) is 18.3 Å². The molecule has 0 atom stereocenters. The van der Waals surface area contributed by atoms with Crippen LogP contribution in [0, 0.1) is 0 Å². The molecule has 1 saturated carbocycles. The topological polar surface area (TPSA) is 114 Å². The largest absolute Gasteiger partial charge is 0.474 e. The second-order valence-corrected chi connectivity index (χ2v) is 6.88. The van der Waals surface area contributed by atoms with Gasteiger partial charge in [0.25, 0.3) is 0 Å². The molecule has 9 nitrogen and oxygen atoms in total. The second kappa shape index (κ2) is 7.65. The average Bonchev–Trinajstić information content (AvgIpc) is 3.21. The summed E-state index contributed by atoms with van der Waals surface area (Å²) in [5, 5.41) is 17.4. The van der Waals surface area contributed by atoms with E-state index in [4.69, 9.17) is 9.26 Å². The molecule has 3 heterocycles. The molecule has 3 aromatic rings. The number of aromatic amines is 1. The normalized spacial score (nSPS) is 14.2. The van der Waals surface area contributed by atoms with E-state index in [-0.39, 0.29) is 6.10 Å². The molecule has 0 unspecified atom stereocenters. The van der Waals surface area contributed by atoms with E-state index in [9.17, 15) is 0 Å². The van der Waals surface area contributed by atoms with Gasteiger partial charge in [0.2, 0.25) is 11.8 Å². The first-order valence-electron chi connectivity index (χ1n) is 9.17. The lowest BCUT2D eigenvalue weighted by Crippen LogP contribution is -2.08. The van der Waals surface area contributed by atoms with Crippen LogP contribution in [0.3, 0.4) is 0 Å². The molecule has 4 rings (SSSR count). The highest BCUT2D eigenvalue weighted by Gasteiger charge is 2.23. The molecule has 0 saturated heterocycles. The molecule has 3 aromatic heterocycles. The van der Waals surface area contributed by atoms with E-state index < -0.39 is 0 Å². The zero-order valence-electron chi connectivity index (χ0n) is 15.4. The summed E-state index contributed by atoms with van der Waals surface area (Å²) >= 11 is 0. The maximum Gasteiger partial charge on any atom is 0.234 e. The van der Waals surface area contributed by atoms with E-state index in [1.807, 2.05) is 19.9 Å². The number of aromatic nitrogens is 5. The number of H-pyrrole nitrogens is 1. The Kier molecular flexibility index (Phi) is 4.91. The van der Waals surface area contributed by atoms with Crippen molar-refractivity contribution < 1.29 is 9.26 Å². The molecular formula is C18H23N7O2. The third kappa shape index (κ3) is 4.36. The fourth-order valence-corrected chi connectivity index (χ4v) is 2.80. The zero-order chi connectivity index (χ0) is 18.6. The van der Waals surface area contributed by atoms with Crippen molar-refractivity contribution in [2.45, 2.75) is 51.7 Å². The molecule has 0 aromatic carbocycles. The SMILES string of the molecule is CC(C)Oc1cc(Nc2ccnc(NCc3cc(C4CCC4)no3)n2)[nH]n1. The minimum absolute atomic E-state index is 0.0666. The van der Waals surface area contributed by atoms with Crippen molar-refractivity contribution in [2.75, 3.05) is 10.6 Å². The maximum absolute atomic E-state index is 5.53. The molecule has 0 spiro atoms. The van der Waals surface area contributed by atoms with Gasteiger partial charge in [-0.2, -0.15) is 4.98 Å². The highest BCUT2D eigenvalue weighted by atomic mass is 16.5. The molecule has 1 aliphatic carbocycles. The number of ether oxygens (including phenoxy) is 1. The Hall–Kier alpha value is -3.10. The highest BCUT2D eigenvalue weighted by Crippen LogP contribution is 2.35. The Morgan fingerprint density at radius 2 is 2.22 bits per heavy atom. The van der Waals surface area contributed by atoms with Crippen LogP contribution in [-0.4, -0.2) is 31.4 Å². The molecule has 0 bridgehead atoms. The third-order valence-electron chi connectivity index (χ3n) is 4.35. The molecule has 9 heteroatoms. The van der Waals surface area contributed by atoms with Crippen molar-refractivity contribution in [1.29, 1.82) is 0 Å². The molecular weight excluding hydrogens is 346 g/mol. The maximum atomic E-state index is 5.53. The van der Waals surface area contributed by atoms with Crippen LogP contribution in [0.4, 0.5) is 17.6 Å². The summed E-state index contributed by atoms with van der Waals surface area (Å²) in [7, 11) is 0. The van der Waals surface area contributed by atoms with Crippen LogP contribution in [-0.2, 0) is 6.54 Å². The quantitative estimate of drug-likeness (QED) is 0.552. The molecule has 1 fully saturated rings. The van der Waals surface area contributed by atoms with Crippen LogP contribution in [0.25, 0.3) is 0 Å². The Morgan fingerprint density at radius 1 is 1.33 bits per heavy atom. The molecule has 0 amide bonds. The minimum Gasteiger partial charge on any atom is -0.474 e. The number of hydrogen-bond donors (Lipinski definition) is 3. The molecule has 0 aliphatic heterocycles. The second-order valence-electron chi connectivity index (χ2n) is 6.88. The van der Waals surface area contributed by atoms with Crippen molar-refractivity contribution in [3.05, 3.63) is 35.9 Å². The standard InChI is InChI=1S/C18H23N7O2/c1-11(2)26-17-9-16(23-24-17)21-15-6-7-19-18(22-15)20-10-13-8-14(25-27-13)12-4-3-5-12/h6-9,11-12H,3-5,10H2,1-2H3,(H3,19,20,21,22,23,24). The van der Waals surface area contributed by atoms with Crippen molar-refractivity contribution in [3.8, 4) is 5.88 Å².